The Kier molecular flexibility index (Phi) is 10.9. The molecule has 0 radical (unpaired) electrons. The summed E-state index contributed by atoms with van der Waals surface area (Å²) in [7, 11) is 0. The number of hydrogen-bond donors (Lipinski definition) is 1. The molecule has 0 unspecified atom stereocenters. The van der Waals surface area contributed by atoms with Crippen LogP contribution in [0, 0.1) is 3.57 Å². The van der Waals surface area contributed by atoms with Crippen LogP contribution >= 0.6 is 46.0 Å². The van der Waals surface area contributed by atoms with E-state index in [-0.39, 0.29) is 27.8 Å². The standard InChI is InChI=1S/C26H26ClIN2O7S/c1-4-9-37-25(33)17-13-16(7-8-18(17)27)29-22(31)14-30-24(32)21(38-26(30)34)12-15-10-19(28)23(36-6-3)20(11-15)35-5-2/h7-8,10-13H,4-6,9,14H2,1-3H3,(H,29,31)/b21-12+. The predicted octanol–water partition coefficient (Wildman–Crippen LogP) is 5.98. The van der Waals surface area contributed by atoms with Gasteiger partial charge in [0.1, 0.15) is 6.54 Å². The zero-order valence-electron chi connectivity index (χ0n) is 21.0. The van der Waals surface area contributed by atoms with Crippen LogP contribution in [0.5, 0.6) is 11.5 Å². The van der Waals surface area contributed by atoms with Gasteiger partial charge in [-0.1, -0.05) is 18.5 Å². The maximum absolute atomic E-state index is 13.0. The number of rotatable bonds is 11. The molecule has 202 valence electrons. The molecule has 38 heavy (non-hydrogen) atoms. The van der Waals surface area contributed by atoms with Gasteiger partial charge in [0.05, 0.1) is 38.9 Å². The minimum atomic E-state index is -0.613. The number of esters is 1. The highest BCUT2D eigenvalue weighted by Crippen LogP contribution is 2.37. The lowest BCUT2D eigenvalue weighted by Crippen LogP contribution is -2.36. The molecule has 1 aliphatic heterocycles. The number of halogens is 2. The number of hydrogen-bond acceptors (Lipinski definition) is 8. The van der Waals surface area contributed by atoms with Crippen LogP contribution in [0.4, 0.5) is 10.5 Å². The van der Waals surface area contributed by atoms with E-state index in [1.807, 2.05) is 26.8 Å². The van der Waals surface area contributed by atoms with Crippen LogP contribution < -0.4 is 14.8 Å². The molecule has 0 spiro atoms. The van der Waals surface area contributed by atoms with Crippen LogP contribution in [0.2, 0.25) is 5.02 Å². The average molecular weight is 673 g/mol. The van der Waals surface area contributed by atoms with Crippen molar-refractivity contribution in [3.8, 4) is 11.5 Å². The number of benzene rings is 2. The third kappa shape index (κ3) is 7.41. The number of carbonyl (C=O) groups is 4. The van der Waals surface area contributed by atoms with Crippen LogP contribution in [-0.2, 0) is 14.3 Å². The molecule has 3 rings (SSSR count). The molecule has 2 aromatic carbocycles. The van der Waals surface area contributed by atoms with E-state index >= 15 is 0 Å². The zero-order chi connectivity index (χ0) is 27.8. The van der Waals surface area contributed by atoms with E-state index in [4.69, 9.17) is 25.8 Å². The molecule has 12 heteroatoms. The summed E-state index contributed by atoms with van der Waals surface area (Å²) in [6.45, 7) is 6.24. The molecule has 2 aromatic rings. The fourth-order valence-corrected chi connectivity index (χ4v) is 5.20. The van der Waals surface area contributed by atoms with Gasteiger partial charge in [-0.15, -0.1) is 0 Å². The van der Waals surface area contributed by atoms with Gasteiger partial charge < -0.3 is 19.5 Å². The Morgan fingerprint density at radius 3 is 2.53 bits per heavy atom. The van der Waals surface area contributed by atoms with Crippen molar-refractivity contribution in [2.45, 2.75) is 27.2 Å². The van der Waals surface area contributed by atoms with Crippen molar-refractivity contribution in [1.29, 1.82) is 0 Å². The number of amides is 3. The number of ether oxygens (including phenoxy) is 3. The van der Waals surface area contributed by atoms with Crippen molar-refractivity contribution >= 4 is 80.7 Å². The van der Waals surface area contributed by atoms with Gasteiger partial charge >= 0.3 is 5.97 Å². The molecule has 1 N–H and O–H groups in total. The molecule has 0 aliphatic carbocycles. The topological polar surface area (TPSA) is 111 Å². The third-order valence-corrected chi connectivity index (χ3v) is 7.04. The lowest BCUT2D eigenvalue weighted by atomic mass is 10.2. The lowest BCUT2D eigenvalue weighted by molar-refractivity contribution is -0.127. The highest BCUT2D eigenvalue weighted by atomic mass is 127. The first kappa shape index (κ1) is 29.8. The second kappa shape index (κ2) is 13.9. The first-order valence-corrected chi connectivity index (χ1v) is 14.1. The largest absolute Gasteiger partial charge is 0.490 e. The van der Waals surface area contributed by atoms with Crippen molar-refractivity contribution in [3.63, 3.8) is 0 Å². The Morgan fingerprint density at radius 1 is 1.11 bits per heavy atom. The van der Waals surface area contributed by atoms with Crippen molar-refractivity contribution in [2.75, 3.05) is 31.7 Å². The van der Waals surface area contributed by atoms with Gasteiger partial charge in [-0.2, -0.15) is 0 Å². The van der Waals surface area contributed by atoms with Gasteiger partial charge in [-0.3, -0.25) is 19.3 Å². The van der Waals surface area contributed by atoms with Crippen molar-refractivity contribution < 1.29 is 33.4 Å². The summed E-state index contributed by atoms with van der Waals surface area (Å²) in [5.41, 5.74) is 1.03. The Bertz CT molecular complexity index is 1280. The summed E-state index contributed by atoms with van der Waals surface area (Å²) >= 11 is 8.96. The summed E-state index contributed by atoms with van der Waals surface area (Å²) in [6.07, 6.45) is 2.23. The molecule has 3 amide bonds. The summed E-state index contributed by atoms with van der Waals surface area (Å²) < 4.78 is 17.3. The van der Waals surface area contributed by atoms with Crippen LogP contribution in [-0.4, -0.2) is 54.3 Å². The quantitative estimate of drug-likeness (QED) is 0.176. The molecule has 9 nitrogen and oxygen atoms in total. The smallest absolute Gasteiger partial charge is 0.339 e. The third-order valence-electron chi connectivity index (χ3n) is 5.00. The Balaban J connectivity index is 1.73. The first-order chi connectivity index (χ1) is 18.2. The summed E-state index contributed by atoms with van der Waals surface area (Å²) in [4.78, 5) is 51.4. The Labute approximate surface area is 243 Å². The average Bonchev–Trinajstić information content (AvgIpc) is 3.13. The fourth-order valence-electron chi connectivity index (χ4n) is 3.38. The highest BCUT2D eigenvalue weighted by molar-refractivity contribution is 14.1. The van der Waals surface area contributed by atoms with Crippen LogP contribution in [0.25, 0.3) is 6.08 Å². The van der Waals surface area contributed by atoms with E-state index in [0.29, 0.717) is 36.7 Å². The van der Waals surface area contributed by atoms with E-state index in [2.05, 4.69) is 27.9 Å². The van der Waals surface area contributed by atoms with E-state index in [1.165, 1.54) is 18.2 Å². The van der Waals surface area contributed by atoms with Crippen LogP contribution in [0.15, 0.2) is 35.2 Å². The molecule has 1 aliphatic rings. The second-order valence-electron chi connectivity index (χ2n) is 7.84. The normalized spacial score (nSPS) is 14.1. The molecule has 0 saturated carbocycles. The molecule has 0 bridgehead atoms. The second-order valence-corrected chi connectivity index (χ2v) is 10.4. The van der Waals surface area contributed by atoms with Gasteiger partial charge in [-0.25, -0.2) is 4.79 Å². The lowest BCUT2D eigenvalue weighted by Gasteiger charge is -2.14. The number of anilines is 1. The summed E-state index contributed by atoms with van der Waals surface area (Å²) in [5, 5.41) is 2.20. The summed E-state index contributed by atoms with van der Waals surface area (Å²) in [5.74, 6) is -0.664. The van der Waals surface area contributed by atoms with E-state index in [1.54, 1.807) is 12.1 Å². The fraction of sp³-hybridized carbons (Fsp3) is 0.308. The zero-order valence-corrected chi connectivity index (χ0v) is 24.7. The van der Waals surface area contributed by atoms with Crippen LogP contribution in [0.3, 0.4) is 0 Å². The number of imide groups is 1. The minimum Gasteiger partial charge on any atom is -0.490 e. The first-order valence-electron chi connectivity index (χ1n) is 11.8. The molecular formula is C26H26ClIN2O7S. The van der Waals surface area contributed by atoms with E-state index in [0.717, 1.165) is 20.2 Å². The number of nitrogens with one attached hydrogen (secondary N) is 1. The number of nitrogens with zero attached hydrogens (tertiary/aromatic N) is 1. The molecule has 1 fully saturated rings. The van der Waals surface area contributed by atoms with Gasteiger partial charge in [0.25, 0.3) is 11.1 Å². The van der Waals surface area contributed by atoms with Crippen molar-refractivity contribution in [2.24, 2.45) is 0 Å². The van der Waals surface area contributed by atoms with Gasteiger partial charge in [-0.05, 0) is 96.6 Å². The van der Waals surface area contributed by atoms with Gasteiger partial charge in [0.2, 0.25) is 5.91 Å². The van der Waals surface area contributed by atoms with Gasteiger partial charge in [0.15, 0.2) is 11.5 Å². The van der Waals surface area contributed by atoms with Crippen molar-refractivity contribution in [1.82, 2.24) is 4.90 Å². The minimum absolute atomic E-state index is 0.100. The Morgan fingerprint density at radius 2 is 1.84 bits per heavy atom. The molecular weight excluding hydrogens is 647 g/mol. The molecule has 0 aromatic heterocycles. The number of thioether (sulfide) groups is 1. The predicted molar refractivity (Wildman–Crippen MR) is 155 cm³/mol. The monoisotopic (exact) mass is 672 g/mol. The maximum atomic E-state index is 13.0. The summed E-state index contributed by atoms with van der Waals surface area (Å²) in [6, 6.07) is 7.90. The van der Waals surface area contributed by atoms with Crippen molar-refractivity contribution in [3.05, 3.63) is 55.0 Å². The molecule has 0 atom stereocenters. The molecule has 1 heterocycles. The Hall–Kier alpha value is -2.77. The maximum Gasteiger partial charge on any atom is 0.339 e. The number of carbonyl (C=O) groups excluding carboxylic acids is 4. The van der Waals surface area contributed by atoms with E-state index < -0.39 is 29.6 Å². The highest BCUT2D eigenvalue weighted by Gasteiger charge is 2.36. The SMILES string of the molecule is CCCOC(=O)c1cc(NC(=O)CN2C(=O)S/C(=C/c3cc(I)c(OCC)c(OCC)c3)C2=O)ccc1Cl. The molecule has 1 saturated heterocycles. The van der Waals surface area contributed by atoms with E-state index in [9.17, 15) is 19.2 Å². The van der Waals surface area contributed by atoms with Crippen LogP contribution in [0.1, 0.15) is 43.1 Å². The van der Waals surface area contributed by atoms with Gasteiger partial charge in [0, 0.05) is 5.69 Å².